The molecule has 9 aromatic rings. The normalized spacial score (nSPS) is 11.6. The number of anilines is 2. The van der Waals surface area contributed by atoms with Crippen LogP contribution in [0.5, 0.6) is 0 Å². The van der Waals surface area contributed by atoms with Gasteiger partial charge in [-0.15, -0.1) is 0 Å². The number of fused-ring (bicyclic) bond motifs is 9. The van der Waals surface area contributed by atoms with Crippen molar-refractivity contribution >= 4 is 33.1 Å². The van der Waals surface area contributed by atoms with Crippen LogP contribution in [0.25, 0.3) is 83.1 Å². The van der Waals surface area contributed by atoms with Crippen molar-refractivity contribution < 1.29 is 0 Å². The van der Waals surface area contributed by atoms with Crippen molar-refractivity contribution in [2.45, 2.75) is 0 Å². The Kier molecular flexibility index (Phi) is 6.44. The fraction of sp³-hybridized carbons (Fsp3) is 0. The van der Waals surface area contributed by atoms with E-state index in [0.29, 0.717) is 0 Å². The highest BCUT2D eigenvalue weighted by Crippen LogP contribution is 2.53. The monoisotopic (exact) mass is 634 g/mol. The van der Waals surface area contributed by atoms with E-state index in [-0.39, 0.29) is 0 Å². The average molecular weight is 635 g/mol. The van der Waals surface area contributed by atoms with Gasteiger partial charge in [0, 0.05) is 39.0 Å². The summed E-state index contributed by atoms with van der Waals surface area (Å²) in [5.74, 6) is 0. The fourth-order valence-electron chi connectivity index (χ4n) is 7.72. The summed E-state index contributed by atoms with van der Waals surface area (Å²) in [6, 6.07) is 69.9. The maximum absolute atomic E-state index is 3.88. The average Bonchev–Trinajstić information content (AvgIpc) is 3.46. The molecule has 0 spiro atoms. The van der Waals surface area contributed by atoms with Crippen LogP contribution in [-0.2, 0) is 0 Å². The third kappa shape index (κ3) is 4.45. The van der Waals surface area contributed by atoms with Crippen LogP contribution < -0.4 is 5.32 Å². The number of para-hydroxylation sites is 2. The standard InChI is InChI=1S/C48H30N2/c1-4-15-32(16-5-1)36-29-37(33-17-6-2-7-18-33)31-38(30-36)50-47-40(34-19-8-3-9-20-34)24-14-25-42(47)45-41-23-12-13-26-44(41)49-46-39-22-11-10-21-35(39)27-28-43(46)48(45)50/h1-10,12-21,23-31,49H. The zero-order valence-corrected chi connectivity index (χ0v) is 27.2. The van der Waals surface area contributed by atoms with Gasteiger partial charge in [0.15, 0.2) is 0 Å². The van der Waals surface area contributed by atoms with E-state index in [1.807, 2.05) is 6.07 Å². The summed E-state index contributed by atoms with van der Waals surface area (Å²) >= 11 is 0. The van der Waals surface area contributed by atoms with E-state index in [1.54, 1.807) is 0 Å². The summed E-state index contributed by atoms with van der Waals surface area (Å²) in [6.07, 6.45) is 0. The van der Waals surface area contributed by atoms with E-state index in [9.17, 15) is 0 Å². The molecule has 0 unspecified atom stereocenters. The molecule has 2 nitrogen and oxygen atoms in total. The van der Waals surface area contributed by atoms with Gasteiger partial charge >= 0.3 is 0 Å². The van der Waals surface area contributed by atoms with E-state index >= 15 is 0 Å². The van der Waals surface area contributed by atoms with Gasteiger partial charge in [-0.1, -0.05) is 152 Å². The number of hydrogen-bond acceptors (Lipinski definition) is 1. The number of nitrogens with zero attached hydrogens (tertiary/aromatic N) is 1. The molecule has 10 rings (SSSR count). The van der Waals surface area contributed by atoms with Gasteiger partial charge in [-0.25, -0.2) is 0 Å². The van der Waals surface area contributed by atoms with Crippen molar-refractivity contribution in [2.75, 3.05) is 5.32 Å². The molecule has 0 bridgehead atoms. The van der Waals surface area contributed by atoms with Crippen LogP contribution in [0.1, 0.15) is 0 Å². The molecule has 0 atom stereocenters. The van der Waals surface area contributed by atoms with Gasteiger partial charge in [0.2, 0.25) is 0 Å². The smallest absolute Gasteiger partial charge is 0.0644 e. The number of rotatable bonds is 4. The first kappa shape index (κ1) is 28.2. The first-order valence-corrected chi connectivity index (χ1v) is 17.0. The molecular formula is C48H30N2. The SMILES string of the molecule is c1ccc2ccc3c(c2c#1)Nc1ccccc1-c1c-3n(-c2cc(-c3ccccc3)cc(-c3ccccc3)c2)c2c(-c3ccccc3)cccc12. The summed E-state index contributed by atoms with van der Waals surface area (Å²) in [7, 11) is 0. The second-order valence-electron chi connectivity index (χ2n) is 12.9. The molecule has 50 heavy (non-hydrogen) atoms. The molecule has 0 amide bonds. The highest BCUT2D eigenvalue weighted by atomic mass is 15.0. The Hall–Kier alpha value is -6.82. The van der Waals surface area contributed by atoms with Gasteiger partial charge < -0.3 is 9.88 Å². The molecule has 0 aliphatic carbocycles. The Labute approximate surface area is 291 Å². The lowest BCUT2D eigenvalue weighted by atomic mass is 9.95. The van der Waals surface area contributed by atoms with Gasteiger partial charge in [-0.05, 0) is 69.6 Å². The largest absolute Gasteiger partial charge is 0.353 e. The third-order valence-electron chi connectivity index (χ3n) is 9.96. The lowest BCUT2D eigenvalue weighted by Gasteiger charge is -2.19. The third-order valence-corrected chi connectivity index (χ3v) is 9.96. The lowest BCUT2D eigenvalue weighted by molar-refractivity contribution is 1.14. The molecule has 1 N–H and O–H groups in total. The van der Waals surface area contributed by atoms with Crippen molar-refractivity contribution in [3.05, 3.63) is 188 Å². The first-order valence-electron chi connectivity index (χ1n) is 17.0. The van der Waals surface area contributed by atoms with Gasteiger partial charge in [0.25, 0.3) is 0 Å². The number of benzene rings is 7. The van der Waals surface area contributed by atoms with Gasteiger partial charge in [-0.2, -0.15) is 0 Å². The van der Waals surface area contributed by atoms with E-state index < -0.39 is 0 Å². The highest BCUT2D eigenvalue weighted by molar-refractivity contribution is 6.17. The second-order valence-corrected chi connectivity index (χ2v) is 12.9. The molecule has 2 heteroatoms. The van der Waals surface area contributed by atoms with E-state index in [4.69, 9.17) is 0 Å². The molecule has 0 saturated heterocycles. The quantitative estimate of drug-likeness (QED) is 0.204. The minimum atomic E-state index is 1.02. The zero-order chi connectivity index (χ0) is 33.0. The Balaban J connectivity index is 1.41. The van der Waals surface area contributed by atoms with Gasteiger partial charge in [0.05, 0.1) is 22.3 Å². The summed E-state index contributed by atoms with van der Waals surface area (Å²) in [5.41, 5.74) is 16.1. The lowest BCUT2D eigenvalue weighted by Crippen LogP contribution is -2.01. The molecule has 2 heterocycles. The topological polar surface area (TPSA) is 17.0 Å². The second kappa shape index (κ2) is 11.4. The van der Waals surface area contributed by atoms with E-state index in [0.717, 1.165) is 39.1 Å². The van der Waals surface area contributed by atoms with Gasteiger partial charge in [-0.3, -0.25) is 0 Å². The first-order chi connectivity index (χ1) is 24.8. The molecule has 1 aromatic heterocycles. The zero-order valence-electron chi connectivity index (χ0n) is 27.2. The van der Waals surface area contributed by atoms with Crippen LogP contribution in [-0.4, -0.2) is 4.57 Å². The Morgan fingerprint density at radius 3 is 1.84 bits per heavy atom. The molecule has 0 saturated carbocycles. The van der Waals surface area contributed by atoms with Crippen LogP contribution in [0.4, 0.5) is 11.4 Å². The van der Waals surface area contributed by atoms with E-state index in [2.05, 4.69) is 192 Å². The van der Waals surface area contributed by atoms with Crippen LogP contribution >= 0.6 is 0 Å². The maximum atomic E-state index is 3.88. The summed E-state index contributed by atoms with van der Waals surface area (Å²) in [4.78, 5) is 0. The van der Waals surface area contributed by atoms with Gasteiger partial charge in [0.1, 0.15) is 0 Å². The number of nitrogens with one attached hydrogen (secondary N) is 1. The van der Waals surface area contributed by atoms with Crippen LogP contribution in [0.3, 0.4) is 0 Å². The maximum Gasteiger partial charge on any atom is 0.0644 e. The predicted octanol–water partition coefficient (Wildman–Crippen LogP) is 12.8. The van der Waals surface area contributed by atoms with Crippen molar-refractivity contribution in [1.29, 1.82) is 0 Å². The number of aromatic nitrogens is 1. The van der Waals surface area contributed by atoms with Crippen molar-refractivity contribution in [3.63, 3.8) is 0 Å². The summed E-state index contributed by atoms with van der Waals surface area (Å²) in [6.45, 7) is 0. The van der Waals surface area contributed by atoms with E-state index in [1.165, 1.54) is 55.4 Å². The molecular weight excluding hydrogens is 605 g/mol. The molecule has 1 aliphatic heterocycles. The van der Waals surface area contributed by atoms with Crippen molar-refractivity contribution in [3.8, 4) is 61.5 Å². The number of hydrogen-bond donors (Lipinski definition) is 1. The van der Waals surface area contributed by atoms with Crippen LogP contribution in [0, 0.1) is 12.1 Å². The van der Waals surface area contributed by atoms with Crippen LogP contribution in [0.2, 0.25) is 0 Å². The summed E-state index contributed by atoms with van der Waals surface area (Å²) < 4.78 is 2.52. The predicted molar refractivity (Wildman–Crippen MR) is 209 cm³/mol. The molecule has 232 valence electrons. The molecule has 0 fully saturated rings. The highest BCUT2D eigenvalue weighted by Gasteiger charge is 2.30. The molecule has 0 radical (unpaired) electrons. The Morgan fingerprint density at radius 1 is 0.480 bits per heavy atom. The van der Waals surface area contributed by atoms with Crippen LogP contribution in [0.15, 0.2) is 176 Å². The minimum absolute atomic E-state index is 1.02. The summed E-state index contributed by atoms with van der Waals surface area (Å²) in [5, 5.41) is 7.24. The van der Waals surface area contributed by atoms with Crippen molar-refractivity contribution in [2.24, 2.45) is 0 Å². The minimum Gasteiger partial charge on any atom is -0.353 e. The Morgan fingerprint density at radius 2 is 1.12 bits per heavy atom. The Bertz CT molecular complexity index is 2650. The fourth-order valence-corrected chi connectivity index (χ4v) is 7.72. The van der Waals surface area contributed by atoms with Crippen molar-refractivity contribution in [1.82, 2.24) is 4.57 Å². The molecule has 8 aromatic carbocycles. The molecule has 1 aliphatic rings.